The highest BCUT2D eigenvalue weighted by Gasteiger charge is 2.33. The standard InChI is InChI=1S/C25H32N6O3S/c1-16-22(23(33)30-11-8-19(15-30)27-17(2)32)35-25(26-16)29-12-9-20(10-13-29)31-14-7-18-5-3-4-6-21(18)28-24(31)34/h3-6,19-20H,7-15H2,1-2H3,(H,27,32)(H,28,34). The molecule has 35 heavy (non-hydrogen) atoms. The number of amides is 4. The molecule has 10 heteroatoms. The van der Waals surface area contributed by atoms with Crippen molar-refractivity contribution >= 4 is 40.0 Å². The van der Waals surface area contributed by atoms with E-state index in [1.54, 1.807) is 0 Å². The van der Waals surface area contributed by atoms with Crippen molar-refractivity contribution in [3.8, 4) is 0 Å². The number of benzene rings is 1. The van der Waals surface area contributed by atoms with E-state index in [-0.39, 0.29) is 29.9 Å². The first-order valence-corrected chi connectivity index (χ1v) is 13.1. The van der Waals surface area contributed by atoms with Crippen molar-refractivity contribution in [3.05, 3.63) is 40.4 Å². The lowest BCUT2D eigenvalue weighted by molar-refractivity contribution is -0.119. The number of carbonyl (C=O) groups is 3. The Morgan fingerprint density at radius 2 is 1.89 bits per heavy atom. The number of para-hydroxylation sites is 1. The normalized spacial score (nSPS) is 20.9. The first kappa shape index (κ1) is 23.6. The maximum atomic E-state index is 13.1. The van der Waals surface area contributed by atoms with Gasteiger partial charge in [0.1, 0.15) is 4.88 Å². The number of rotatable bonds is 4. The second-order valence-electron chi connectivity index (χ2n) is 9.60. The van der Waals surface area contributed by atoms with Crippen LogP contribution in [0.3, 0.4) is 0 Å². The molecule has 1 aromatic heterocycles. The zero-order chi connectivity index (χ0) is 24.5. The lowest BCUT2D eigenvalue weighted by atomic mass is 10.0. The van der Waals surface area contributed by atoms with E-state index in [0.717, 1.165) is 61.8 Å². The summed E-state index contributed by atoms with van der Waals surface area (Å²) in [4.78, 5) is 48.8. The van der Waals surface area contributed by atoms with Crippen LogP contribution in [0.25, 0.3) is 0 Å². The van der Waals surface area contributed by atoms with Crippen LogP contribution in [0.4, 0.5) is 15.6 Å². The zero-order valence-corrected chi connectivity index (χ0v) is 21.1. The Balaban J connectivity index is 1.19. The minimum Gasteiger partial charge on any atom is -0.352 e. The zero-order valence-electron chi connectivity index (χ0n) is 20.2. The largest absolute Gasteiger partial charge is 0.352 e. The van der Waals surface area contributed by atoms with Crippen molar-refractivity contribution in [1.82, 2.24) is 20.1 Å². The molecule has 3 aliphatic rings. The van der Waals surface area contributed by atoms with Gasteiger partial charge in [-0.1, -0.05) is 29.5 Å². The van der Waals surface area contributed by atoms with Gasteiger partial charge in [0.15, 0.2) is 5.13 Å². The molecule has 2 aromatic rings. The number of likely N-dealkylation sites (tertiary alicyclic amines) is 1. The number of aromatic nitrogens is 1. The van der Waals surface area contributed by atoms with E-state index in [0.29, 0.717) is 18.0 Å². The molecule has 1 aromatic carbocycles. The number of nitrogens with one attached hydrogen (secondary N) is 2. The molecule has 2 N–H and O–H groups in total. The van der Waals surface area contributed by atoms with Crippen LogP contribution in [0.5, 0.6) is 0 Å². The molecule has 2 fully saturated rings. The van der Waals surface area contributed by atoms with Crippen LogP contribution < -0.4 is 15.5 Å². The Morgan fingerprint density at radius 3 is 2.66 bits per heavy atom. The lowest BCUT2D eigenvalue weighted by Crippen LogP contribution is -2.48. The van der Waals surface area contributed by atoms with Crippen molar-refractivity contribution in [2.45, 2.75) is 51.6 Å². The maximum Gasteiger partial charge on any atom is 0.322 e. The van der Waals surface area contributed by atoms with E-state index in [2.05, 4.69) is 21.6 Å². The van der Waals surface area contributed by atoms with Crippen LogP contribution in [0, 0.1) is 6.92 Å². The van der Waals surface area contributed by atoms with Gasteiger partial charge in [0.25, 0.3) is 5.91 Å². The van der Waals surface area contributed by atoms with E-state index >= 15 is 0 Å². The van der Waals surface area contributed by atoms with Crippen molar-refractivity contribution < 1.29 is 14.4 Å². The number of anilines is 2. The predicted molar refractivity (Wildman–Crippen MR) is 136 cm³/mol. The molecule has 0 saturated carbocycles. The van der Waals surface area contributed by atoms with E-state index in [1.165, 1.54) is 23.8 Å². The van der Waals surface area contributed by atoms with Crippen molar-refractivity contribution in [2.75, 3.05) is 42.9 Å². The first-order chi connectivity index (χ1) is 16.9. The number of carbonyl (C=O) groups excluding carboxylic acids is 3. The predicted octanol–water partition coefficient (Wildman–Crippen LogP) is 2.86. The van der Waals surface area contributed by atoms with Crippen LogP contribution in [0.1, 0.15) is 47.1 Å². The van der Waals surface area contributed by atoms with Gasteiger partial charge in [-0.3, -0.25) is 9.59 Å². The minimum absolute atomic E-state index is 0.00482. The number of thiazole rings is 1. The number of aryl methyl sites for hydroxylation is 1. The molecule has 3 aliphatic heterocycles. The van der Waals surface area contributed by atoms with Crippen molar-refractivity contribution in [3.63, 3.8) is 0 Å². The average Bonchev–Trinajstić information content (AvgIpc) is 3.42. The molecule has 1 unspecified atom stereocenters. The summed E-state index contributed by atoms with van der Waals surface area (Å²) in [5, 5.41) is 6.85. The maximum absolute atomic E-state index is 13.1. The molecule has 1 atom stereocenters. The SMILES string of the molecule is CC(=O)NC1CCN(C(=O)c2sc(N3CCC(N4CCc5ccccc5NC4=O)CC3)nc2C)C1. The highest BCUT2D eigenvalue weighted by molar-refractivity contribution is 7.17. The third kappa shape index (κ3) is 4.98. The molecule has 186 valence electrons. The number of hydrogen-bond acceptors (Lipinski definition) is 6. The van der Waals surface area contributed by atoms with Gasteiger partial charge < -0.3 is 25.3 Å². The fraction of sp³-hybridized carbons (Fsp3) is 0.520. The molecule has 5 rings (SSSR count). The quantitative estimate of drug-likeness (QED) is 0.678. The van der Waals surface area contributed by atoms with Crippen LogP contribution >= 0.6 is 11.3 Å². The minimum atomic E-state index is -0.0637. The van der Waals surface area contributed by atoms with Crippen molar-refractivity contribution in [2.24, 2.45) is 0 Å². The monoisotopic (exact) mass is 496 g/mol. The van der Waals surface area contributed by atoms with E-state index < -0.39 is 0 Å². The Hall–Kier alpha value is -3.14. The Kier molecular flexibility index (Phi) is 6.64. The van der Waals surface area contributed by atoms with Gasteiger partial charge in [-0.2, -0.15) is 0 Å². The first-order valence-electron chi connectivity index (χ1n) is 12.3. The molecule has 0 spiro atoms. The van der Waals surface area contributed by atoms with Gasteiger partial charge in [0, 0.05) is 57.4 Å². The van der Waals surface area contributed by atoms with Gasteiger partial charge in [0.05, 0.1) is 5.69 Å². The van der Waals surface area contributed by atoms with E-state index in [4.69, 9.17) is 4.98 Å². The summed E-state index contributed by atoms with van der Waals surface area (Å²) in [6.45, 7) is 6.90. The summed E-state index contributed by atoms with van der Waals surface area (Å²) in [5.74, 6) is -0.0686. The van der Waals surface area contributed by atoms with E-state index in [9.17, 15) is 14.4 Å². The van der Waals surface area contributed by atoms with Crippen LogP contribution in [-0.2, 0) is 11.2 Å². The third-order valence-corrected chi connectivity index (χ3v) is 8.39. The molecule has 9 nitrogen and oxygen atoms in total. The molecular weight excluding hydrogens is 464 g/mol. The lowest BCUT2D eigenvalue weighted by Gasteiger charge is -2.37. The summed E-state index contributed by atoms with van der Waals surface area (Å²) in [5.41, 5.74) is 2.84. The summed E-state index contributed by atoms with van der Waals surface area (Å²) < 4.78 is 0. The highest BCUT2D eigenvalue weighted by atomic mass is 32.1. The fourth-order valence-corrected chi connectivity index (χ4v) is 6.40. The Bertz CT molecular complexity index is 1130. The van der Waals surface area contributed by atoms with Crippen LogP contribution in [0.15, 0.2) is 24.3 Å². The number of hydrogen-bond donors (Lipinski definition) is 2. The third-order valence-electron chi connectivity index (χ3n) is 7.18. The topological polar surface area (TPSA) is 97.9 Å². The highest BCUT2D eigenvalue weighted by Crippen LogP contribution is 2.31. The molecule has 2 saturated heterocycles. The van der Waals surface area contributed by atoms with Crippen LogP contribution in [-0.4, -0.2) is 77.4 Å². The fourth-order valence-electron chi connectivity index (χ4n) is 5.32. The van der Waals surface area contributed by atoms with Gasteiger partial charge in [0.2, 0.25) is 5.91 Å². The summed E-state index contributed by atoms with van der Waals surface area (Å²) in [6.07, 6.45) is 3.37. The van der Waals surface area contributed by atoms with Crippen LogP contribution in [0.2, 0.25) is 0 Å². The molecule has 0 aliphatic carbocycles. The van der Waals surface area contributed by atoms with Gasteiger partial charge in [-0.05, 0) is 44.2 Å². The molecule has 0 bridgehead atoms. The second kappa shape index (κ2) is 9.85. The number of urea groups is 1. The second-order valence-corrected chi connectivity index (χ2v) is 10.6. The van der Waals surface area contributed by atoms with Crippen molar-refractivity contribution in [1.29, 1.82) is 0 Å². The van der Waals surface area contributed by atoms with Gasteiger partial charge in [-0.15, -0.1) is 0 Å². The number of piperidine rings is 1. The molecule has 4 amide bonds. The smallest absolute Gasteiger partial charge is 0.322 e. The van der Waals surface area contributed by atoms with Gasteiger partial charge in [-0.25, -0.2) is 9.78 Å². The molecule has 4 heterocycles. The Labute approximate surface area is 209 Å². The number of nitrogens with zero attached hydrogens (tertiary/aromatic N) is 4. The molecular formula is C25H32N6O3S. The average molecular weight is 497 g/mol. The summed E-state index contributed by atoms with van der Waals surface area (Å²) in [6, 6.07) is 8.20. The summed E-state index contributed by atoms with van der Waals surface area (Å²) >= 11 is 1.45. The van der Waals surface area contributed by atoms with Gasteiger partial charge >= 0.3 is 6.03 Å². The summed E-state index contributed by atoms with van der Waals surface area (Å²) in [7, 11) is 0. The van der Waals surface area contributed by atoms with E-state index in [1.807, 2.05) is 34.9 Å². The number of fused-ring (bicyclic) bond motifs is 1. The Morgan fingerprint density at radius 1 is 1.11 bits per heavy atom. The molecule has 0 radical (unpaired) electrons.